The van der Waals surface area contributed by atoms with E-state index in [0.717, 1.165) is 12.8 Å². The lowest BCUT2D eigenvalue weighted by Gasteiger charge is -2.30. The van der Waals surface area contributed by atoms with Crippen molar-refractivity contribution in [2.75, 3.05) is 19.7 Å². The molecule has 0 aromatic carbocycles. The number of amides is 1. The standard InChI is InChI=1S/C14H18N2O5/c1-3-7-20-14(19)16-6-4-5-10(8-16)12-15-9(2)11(21-12)13(17)18/h3,10H,1,4-8H2,2H3,(H,17,18). The van der Waals surface area contributed by atoms with Crippen molar-refractivity contribution in [3.63, 3.8) is 0 Å². The Morgan fingerprint density at radius 3 is 3.00 bits per heavy atom. The normalized spacial score (nSPS) is 18.3. The van der Waals surface area contributed by atoms with Crippen LogP contribution in [0.1, 0.15) is 40.9 Å². The van der Waals surface area contributed by atoms with Crippen molar-refractivity contribution in [1.82, 2.24) is 9.88 Å². The number of carbonyl (C=O) groups excluding carboxylic acids is 1. The number of carboxylic acids is 1. The van der Waals surface area contributed by atoms with Crippen LogP contribution in [0.25, 0.3) is 0 Å². The molecule has 7 heteroatoms. The first-order chi connectivity index (χ1) is 10.0. The average Bonchev–Trinajstić information content (AvgIpc) is 2.87. The van der Waals surface area contributed by atoms with Crippen molar-refractivity contribution in [3.8, 4) is 0 Å². The van der Waals surface area contributed by atoms with Crippen LogP contribution in [0.5, 0.6) is 0 Å². The molecule has 1 saturated heterocycles. The minimum atomic E-state index is -1.13. The molecule has 1 amide bonds. The molecule has 2 rings (SSSR count). The highest BCUT2D eigenvalue weighted by Crippen LogP contribution is 2.28. The van der Waals surface area contributed by atoms with Crippen LogP contribution in [0.3, 0.4) is 0 Å². The molecule has 2 heterocycles. The second kappa shape index (κ2) is 6.43. The smallest absolute Gasteiger partial charge is 0.410 e. The summed E-state index contributed by atoms with van der Waals surface area (Å²) >= 11 is 0. The van der Waals surface area contributed by atoms with Gasteiger partial charge in [0.25, 0.3) is 0 Å². The SMILES string of the molecule is C=CCOC(=O)N1CCCC(c2nc(C)c(C(=O)O)o2)C1. The van der Waals surface area contributed by atoms with Crippen LogP contribution < -0.4 is 0 Å². The summed E-state index contributed by atoms with van der Waals surface area (Å²) in [7, 11) is 0. The molecule has 1 aliphatic rings. The van der Waals surface area contributed by atoms with Gasteiger partial charge in [-0.05, 0) is 19.8 Å². The summed E-state index contributed by atoms with van der Waals surface area (Å²) in [6, 6.07) is 0. The summed E-state index contributed by atoms with van der Waals surface area (Å²) < 4.78 is 10.3. The zero-order valence-electron chi connectivity index (χ0n) is 11.9. The van der Waals surface area contributed by atoms with Gasteiger partial charge >= 0.3 is 12.1 Å². The summed E-state index contributed by atoms with van der Waals surface area (Å²) in [5.74, 6) is -1.02. The summed E-state index contributed by atoms with van der Waals surface area (Å²) in [6.07, 6.45) is 2.69. The molecular weight excluding hydrogens is 276 g/mol. The number of carboxylic acid groups (broad SMARTS) is 1. The number of hydrogen-bond acceptors (Lipinski definition) is 5. The van der Waals surface area contributed by atoms with E-state index in [4.69, 9.17) is 14.3 Å². The van der Waals surface area contributed by atoms with Crippen molar-refractivity contribution in [3.05, 3.63) is 30.0 Å². The van der Waals surface area contributed by atoms with Gasteiger partial charge in [0.15, 0.2) is 5.89 Å². The van der Waals surface area contributed by atoms with Gasteiger partial charge in [-0.25, -0.2) is 14.6 Å². The summed E-state index contributed by atoms with van der Waals surface area (Å²) in [5, 5.41) is 8.99. The van der Waals surface area contributed by atoms with Crippen LogP contribution in [0.15, 0.2) is 17.1 Å². The topological polar surface area (TPSA) is 92.9 Å². The van der Waals surface area contributed by atoms with Crippen molar-refractivity contribution in [1.29, 1.82) is 0 Å². The van der Waals surface area contributed by atoms with Crippen LogP contribution >= 0.6 is 0 Å². The summed E-state index contributed by atoms with van der Waals surface area (Å²) in [5.41, 5.74) is 0.351. The molecule has 1 fully saturated rings. The number of oxazole rings is 1. The first-order valence-electron chi connectivity index (χ1n) is 6.76. The quantitative estimate of drug-likeness (QED) is 0.855. The molecule has 114 valence electrons. The Kier molecular flexibility index (Phi) is 4.62. The number of aryl methyl sites for hydroxylation is 1. The Hall–Kier alpha value is -2.31. The first-order valence-corrected chi connectivity index (χ1v) is 6.76. The van der Waals surface area contributed by atoms with Gasteiger partial charge in [0.05, 0.1) is 11.6 Å². The van der Waals surface area contributed by atoms with E-state index in [1.54, 1.807) is 11.8 Å². The van der Waals surface area contributed by atoms with E-state index >= 15 is 0 Å². The number of piperidine rings is 1. The van der Waals surface area contributed by atoms with Crippen LogP contribution in [0, 0.1) is 6.92 Å². The number of aromatic carboxylic acids is 1. The van der Waals surface area contributed by atoms with Crippen molar-refractivity contribution in [2.45, 2.75) is 25.7 Å². The summed E-state index contributed by atoms with van der Waals surface area (Å²) in [4.78, 5) is 28.6. The highest BCUT2D eigenvalue weighted by atomic mass is 16.6. The highest BCUT2D eigenvalue weighted by Gasteiger charge is 2.30. The average molecular weight is 294 g/mol. The first kappa shape index (κ1) is 15.1. The van der Waals surface area contributed by atoms with Crippen LogP contribution in [0.2, 0.25) is 0 Å². The number of carbonyl (C=O) groups is 2. The lowest BCUT2D eigenvalue weighted by molar-refractivity contribution is 0.0654. The predicted octanol–water partition coefficient (Wildman–Crippen LogP) is 2.18. The minimum Gasteiger partial charge on any atom is -0.475 e. The molecule has 7 nitrogen and oxygen atoms in total. The van der Waals surface area contributed by atoms with Crippen LogP contribution in [-0.4, -0.2) is 46.7 Å². The molecule has 1 unspecified atom stereocenters. The molecule has 0 spiro atoms. The van der Waals surface area contributed by atoms with Crippen molar-refractivity contribution < 1.29 is 23.8 Å². The molecule has 21 heavy (non-hydrogen) atoms. The maximum Gasteiger partial charge on any atom is 0.410 e. The Labute approximate surface area is 122 Å². The van der Waals surface area contributed by atoms with E-state index in [2.05, 4.69) is 11.6 Å². The van der Waals surface area contributed by atoms with Crippen LogP contribution in [0.4, 0.5) is 4.79 Å². The Morgan fingerprint density at radius 2 is 2.38 bits per heavy atom. The van der Waals surface area contributed by atoms with E-state index in [9.17, 15) is 9.59 Å². The predicted molar refractivity (Wildman–Crippen MR) is 73.3 cm³/mol. The zero-order chi connectivity index (χ0) is 15.4. The number of ether oxygens (including phenoxy) is 1. The van der Waals surface area contributed by atoms with E-state index in [1.165, 1.54) is 6.08 Å². The Morgan fingerprint density at radius 1 is 1.62 bits per heavy atom. The van der Waals surface area contributed by atoms with Gasteiger partial charge in [0, 0.05) is 13.1 Å². The molecule has 1 aromatic heterocycles. The molecule has 1 aliphatic heterocycles. The Bertz CT molecular complexity index is 552. The molecule has 0 aliphatic carbocycles. The largest absolute Gasteiger partial charge is 0.475 e. The molecule has 1 N–H and O–H groups in total. The van der Waals surface area contributed by atoms with E-state index in [-0.39, 0.29) is 18.3 Å². The van der Waals surface area contributed by atoms with Crippen molar-refractivity contribution >= 4 is 12.1 Å². The second-order valence-corrected chi connectivity index (χ2v) is 4.92. The van der Waals surface area contributed by atoms with Gasteiger partial charge in [-0.2, -0.15) is 0 Å². The Balaban J connectivity index is 2.07. The molecule has 0 saturated carbocycles. The number of hydrogen-bond donors (Lipinski definition) is 1. The van der Waals surface area contributed by atoms with Gasteiger partial charge in [0.2, 0.25) is 5.76 Å². The second-order valence-electron chi connectivity index (χ2n) is 4.92. The monoisotopic (exact) mass is 294 g/mol. The van der Waals surface area contributed by atoms with Gasteiger partial charge in [-0.3, -0.25) is 0 Å². The van der Waals surface area contributed by atoms with Gasteiger partial charge in [-0.1, -0.05) is 12.7 Å². The molecule has 0 radical (unpaired) electrons. The minimum absolute atomic E-state index is 0.109. The number of likely N-dealkylation sites (tertiary alicyclic amines) is 1. The fourth-order valence-electron chi connectivity index (χ4n) is 2.36. The maximum atomic E-state index is 11.8. The fraction of sp³-hybridized carbons (Fsp3) is 0.500. The van der Waals surface area contributed by atoms with E-state index in [0.29, 0.717) is 24.7 Å². The third-order valence-corrected chi connectivity index (χ3v) is 3.36. The fourth-order valence-corrected chi connectivity index (χ4v) is 2.36. The van der Waals surface area contributed by atoms with E-state index in [1.807, 2.05) is 0 Å². The van der Waals surface area contributed by atoms with Gasteiger partial charge < -0.3 is 19.2 Å². The molecular formula is C14H18N2O5. The maximum absolute atomic E-state index is 11.8. The number of aromatic nitrogens is 1. The molecule has 1 aromatic rings. The lowest BCUT2D eigenvalue weighted by atomic mass is 9.98. The van der Waals surface area contributed by atoms with Gasteiger partial charge in [0.1, 0.15) is 6.61 Å². The number of rotatable bonds is 4. The highest BCUT2D eigenvalue weighted by molar-refractivity contribution is 5.85. The zero-order valence-corrected chi connectivity index (χ0v) is 11.9. The van der Waals surface area contributed by atoms with Crippen molar-refractivity contribution in [2.24, 2.45) is 0 Å². The molecule has 1 atom stereocenters. The van der Waals surface area contributed by atoms with Crippen LogP contribution in [-0.2, 0) is 4.74 Å². The van der Waals surface area contributed by atoms with E-state index < -0.39 is 12.1 Å². The third kappa shape index (κ3) is 3.42. The molecule has 0 bridgehead atoms. The number of nitrogens with zero attached hydrogens (tertiary/aromatic N) is 2. The summed E-state index contributed by atoms with van der Waals surface area (Å²) in [6.45, 7) is 6.27. The lowest BCUT2D eigenvalue weighted by Crippen LogP contribution is -2.39. The van der Waals surface area contributed by atoms with Gasteiger partial charge in [-0.15, -0.1) is 0 Å². The third-order valence-electron chi connectivity index (χ3n) is 3.36.